The summed E-state index contributed by atoms with van der Waals surface area (Å²) in [5.41, 5.74) is -0.0416. The summed E-state index contributed by atoms with van der Waals surface area (Å²) in [6.45, 7) is 7.08. The number of hydrogen-bond acceptors (Lipinski definition) is 4. The zero-order chi connectivity index (χ0) is 22.3. The lowest BCUT2D eigenvalue weighted by Gasteiger charge is -2.38. The third-order valence-corrected chi connectivity index (χ3v) is 5.79. The Bertz CT molecular complexity index is 1200. The van der Waals surface area contributed by atoms with Crippen LogP contribution in [0.2, 0.25) is 0 Å². The van der Waals surface area contributed by atoms with Crippen molar-refractivity contribution in [1.29, 1.82) is 0 Å². The predicted molar refractivity (Wildman–Crippen MR) is 115 cm³/mol. The van der Waals surface area contributed by atoms with E-state index in [0.717, 1.165) is 19.2 Å². The number of rotatable bonds is 4. The van der Waals surface area contributed by atoms with Gasteiger partial charge in [-0.1, -0.05) is 0 Å². The first-order chi connectivity index (χ1) is 14.8. The minimum atomic E-state index is -1.41. The molecule has 1 aliphatic heterocycles. The number of piperazine rings is 1. The van der Waals surface area contributed by atoms with Gasteiger partial charge in [0.1, 0.15) is 17.2 Å². The van der Waals surface area contributed by atoms with E-state index >= 15 is 4.39 Å². The Morgan fingerprint density at radius 3 is 2.26 bits per heavy atom. The maximum Gasteiger partial charge on any atom is 0.341 e. The topological polar surface area (TPSA) is 65.8 Å². The number of halogens is 2. The Labute approximate surface area is 177 Å². The lowest BCUT2D eigenvalue weighted by molar-refractivity contribution is 0.0695. The van der Waals surface area contributed by atoms with Crippen LogP contribution in [0, 0.1) is 11.6 Å². The first-order valence-corrected chi connectivity index (χ1v) is 10.1. The Morgan fingerprint density at radius 1 is 1.03 bits per heavy atom. The molecule has 0 saturated carbocycles. The summed E-state index contributed by atoms with van der Waals surface area (Å²) >= 11 is 0. The maximum absolute atomic E-state index is 15.1. The second kappa shape index (κ2) is 8.11. The molecular weight excluding hydrogens is 404 g/mol. The second-order valence-electron chi connectivity index (χ2n) is 7.96. The number of fused-ring (bicyclic) bond motifs is 1. The molecule has 0 atom stereocenters. The Hall–Kier alpha value is -3.26. The van der Waals surface area contributed by atoms with E-state index in [9.17, 15) is 19.1 Å². The summed E-state index contributed by atoms with van der Waals surface area (Å²) < 4.78 is 30.0. The molecule has 162 valence electrons. The van der Waals surface area contributed by atoms with E-state index in [-0.39, 0.29) is 5.39 Å². The Balaban J connectivity index is 1.88. The average Bonchev–Trinajstić information content (AvgIpc) is 2.74. The van der Waals surface area contributed by atoms with Crippen LogP contribution < -0.4 is 10.3 Å². The summed E-state index contributed by atoms with van der Waals surface area (Å²) in [6.07, 6.45) is 1.21. The van der Waals surface area contributed by atoms with Crippen molar-refractivity contribution >= 4 is 22.6 Å². The largest absolute Gasteiger partial charge is 0.477 e. The zero-order valence-corrected chi connectivity index (χ0v) is 17.3. The van der Waals surface area contributed by atoms with Crippen LogP contribution in [-0.2, 0) is 0 Å². The second-order valence-corrected chi connectivity index (χ2v) is 7.96. The number of nitrogens with zero attached hydrogens (tertiary/aromatic N) is 3. The molecule has 0 radical (unpaired) electrons. The zero-order valence-electron chi connectivity index (χ0n) is 17.3. The predicted octanol–water partition coefficient (Wildman–Crippen LogP) is 3.50. The lowest BCUT2D eigenvalue weighted by atomic mass is 10.1. The number of aromatic carboxylic acids is 1. The summed E-state index contributed by atoms with van der Waals surface area (Å²) in [6, 6.07) is 8.54. The van der Waals surface area contributed by atoms with Gasteiger partial charge in [-0.05, 0) is 50.2 Å². The number of hydrogen-bond donors (Lipinski definition) is 1. The molecular formula is C23H23F2N3O3. The van der Waals surface area contributed by atoms with Crippen LogP contribution >= 0.6 is 0 Å². The van der Waals surface area contributed by atoms with Crippen molar-refractivity contribution in [2.75, 3.05) is 31.1 Å². The van der Waals surface area contributed by atoms with E-state index < -0.39 is 28.6 Å². The molecule has 2 heterocycles. The third kappa shape index (κ3) is 3.90. The van der Waals surface area contributed by atoms with Gasteiger partial charge in [0.2, 0.25) is 5.43 Å². The van der Waals surface area contributed by atoms with Crippen molar-refractivity contribution < 1.29 is 18.7 Å². The summed E-state index contributed by atoms with van der Waals surface area (Å²) in [5.74, 6) is -2.42. The fourth-order valence-electron chi connectivity index (χ4n) is 4.02. The molecule has 0 unspecified atom stereocenters. The molecule has 0 aliphatic carbocycles. The fraction of sp³-hybridized carbons (Fsp3) is 0.304. The van der Waals surface area contributed by atoms with Gasteiger partial charge in [0, 0.05) is 49.5 Å². The highest BCUT2D eigenvalue weighted by Crippen LogP contribution is 2.28. The van der Waals surface area contributed by atoms with Gasteiger partial charge >= 0.3 is 5.97 Å². The van der Waals surface area contributed by atoms with E-state index in [1.54, 1.807) is 6.07 Å². The van der Waals surface area contributed by atoms with Gasteiger partial charge in [-0.25, -0.2) is 13.6 Å². The maximum atomic E-state index is 15.1. The minimum absolute atomic E-state index is 0.0358. The molecule has 0 amide bonds. The molecule has 1 aliphatic rings. The van der Waals surface area contributed by atoms with Crippen LogP contribution in [-0.4, -0.2) is 52.8 Å². The van der Waals surface area contributed by atoms with Crippen LogP contribution in [0.3, 0.4) is 0 Å². The van der Waals surface area contributed by atoms with E-state index in [2.05, 4.69) is 18.7 Å². The van der Waals surface area contributed by atoms with Gasteiger partial charge < -0.3 is 14.6 Å². The highest BCUT2D eigenvalue weighted by atomic mass is 19.1. The quantitative estimate of drug-likeness (QED) is 0.691. The molecule has 0 spiro atoms. The number of carboxylic acid groups (broad SMARTS) is 1. The standard InChI is InChI=1S/C23H23F2N3O3/c1-14(2)26-7-9-27(10-8-26)21-12-20-17(11-19(21)25)22(29)18(23(30)31)13-28(20)16-5-3-15(24)4-6-16/h3-6,11-14H,7-10H2,1-2H3,(H,30,31). The van der Waals surface area contributed by atoms with Crippen molar-refractivity contribution in [3.05, 3.63) is 70.0 Å². The van der Waals surface area contributed by atoms with Gasteiger partial charge in [0.05, 0.1) is 11.2 Å². The van der Waals surface area contributed by atoms with Crippen LogP contribution in [0.4, 0.5) is 14.5 Å². The van der Waals surface area contributed by atoms with Crippen LogP contribution in [0.25, 0.3) is 16.6 Å². The first-order valence-electron chi connectivity index (χ1n) is 10.1. The van der Waals surface area contributed by atoms with Gasteiger partial charge in [-0.15, -0.1) is 0 Å². The number of benzene rings is 2. The van der Waals surface area contributed by atoms with Crippen molar-refractivity contribution in [3.8, 4) is 5.69 Å². The molecule has 6 nitrogen and oxygen atoms in total. The first kappa shape index (κ1) is 21.0. The lowest BCUT2D eigenvalue weighted by Crippen LogP contribution is -2.49. The monoisotopic (exact) mass is 427 g/mol. The fourth-order valence-corrected chi connectivity index (χ4v) is 4.02. The summed E-state index contributed by atoms with van der Waals surface area (Å²) in [7, 11) is 0. The third-order valence-electron chi connectivity index (χ3n) is 5.79. The van der Waals surface area contributed by atoms with Gasteiger partial charge in [0.15, 0.2) is 0 Å². The number of aromatic nitrogens is 1. The van der Waals surface area contributed by atoms with Gasteiger partial charge in [-0.2, -0.15) is 0 Å². The Morgan fingerprint density at radius 2 is 1.68 bits per heavy atom. The highest BCUT2D eigenvalue weighted by molar-refractivity contribution is 5.94. The van der Waals surface area contributed by atoms with E-state index in [0.29, 0.717) is 36.0 Å². The number of carboxylic acids is 1. The normalized spacial score (nSPS) is 15.1. The molecule has 31 heavy (non-hydrogen) atoms. The SMILES string of the molecule is CC(C)N1CCN(c2cc3c(cc2F)c(=O)c(C(=O)O)cn3-c2ccc(F)cc2)CC1. The van der Waals surface area contributed by atoms with E-state index in [1.165, 1.54) is 35.0 Å². The molecule has 1 N–H and O–H groups in total. The molecule has 1 saturated heterocycles. The Kier molecular flexibility index (Phi) is 5.49. The number of anilines is 1. The minimum Gasteiger partial charge on any atom is -0.477 e. The average molecular weight is 427 g/mol. The van der Waals surface area contributed by atoms with Gasteiger partial charge in [-0.3, -0.25) is 9.69 Å². The van der Waals surface area contributed by atoms with Gasteiger partial charge in [0.25, 0.3) is 0 Å². The molecule has 3 aromatic rings. The molecule has 4 rings (SSSR count). The molecule has 2 aromatic carbocycles. The molecule has 0 bridgehead atoms. The van der Waals surface area contributed by atoms with Crippen LogP contribution in [0.1, 0.15) is 24.2 Å². The van der Waals surface area contributed by atoms with Crippen LogP contribution in [0.5, 0.6) is 0 Å². The number of carbonyl (C=O) groups is 1. The molecule has 8 heteroatoms. The van der Waals surface area contributed by atoms with Crippen molar-refractivity contribution in [1.82, 2.24) is 9.47 Å². The highest BCUT2D eigenvalue weighted by Gasteiger charge is 2.23. The molecule has 1 aromatic heterocycles. The van der Waals surface area contributed by atoms with Crippen molar-refractivity contribution in [2.24, 2.45) is 0 Å². The van der Waals surface area contributed by atoms with Crippen molar-refractivity contribution in [2.45, 2.75) is 19.9 Å². The van der Waals surface area contributed by atoms with E-state index in [1.807, 2.05) is 4.90 Å². The van der Waals surface area contributed by atoms with Crippen LogP contribution in [0.15, 0.2) is 47.4 Å². The summed E-state index contributed by atoms with van der Waals surface area (Å²) in [5, 5.41) is 9.42. The summed E-state index contributed by atoms with van der Waals surface area (Å²) in [4.78, 5) is 28.6. The van der Waals surface area contributed by atoms with E-state index in [4.69, 9.17) is 0 Å². The number of pyridine rings is 1. The smallest absolute Gasteiger partial charge is 0.341 e. The molecule has 1 fully saturated rings. The van der Waals surface area contributed by atoms with Crippen molar-refractivity contribution in [3.63, 3.8) is 0 Å².